The maximum absolute atomic E-state index is 10.6. The highest BCUT2D eigenvalue weighted by atomic mass is 16.6. The standard InChI is InChI=1S/C12H15N3O3/c1-2-14(6-3-7-16)12-5-4-11(15(17)18)8-10(12)9-13/h4-5,8,16H,2-3,6-7H2,1H3. The van der Waals surface area contributed by atoms with E-state index in [2.05, 4.69) is 0 Å². The third-order valence-corrected chi connectivity index (χ3v) is 2.62. The topological polar surface area (TPSA) is 90.4 Å². The van der Waals surface area contributed by atoms with Gasteiger partial charge in [0, 0.05) is 31.8 Å². The predicted octanol–water partition coefficient (Wildman–Crippen LogP) is 1.68. The molecule has 0 aliphatic carbocycles. The number of rotatable bonds is 6. The predicted molar refractivity (Wildman–Crippen MR) is 67.4 cm³/mol. The van der Waals surface area contributed by atoms with E-state index >= 15 is 0 Å². The molecule has 0 radical (unpaired) electrons. The van der Waals surface area contributed by atoms with Crippen LogP contribution in [0.3, 0.4) is 0 Å². The minimum atomic E-state index is -0.519. The number of nitriles is 1. The molecule has 1 N–H and O–H groups in total. The summed E-state index contributed by atoms with van der Waals surface area (Å²) < 4.78 is 0. The van der Waals surface area contributed by atoms with Crippen LogP contribution in [0.4, 0.5) is 11.4 Å². The summed E-state index contributed by atoms with van der Waals surface area (Å²) in [7, 11) is 0. The van der Waals surface area contributed by atoms with Crippen LogP contribution in [0.2, 0.25) is 0 Å². The zero-order chi connectivity index (χ0) is 13.5. The summed E-state index contributed by atoms with van der Waals surface area (Å²) in [5.74, 6) is 0. The maximum Gasteiger partial charge on any atom is 0.270 e. The largest absolute Gasteiger partial charge is 0.396 e. The van der Waals surface area contributed by atoms with Crippen molar-refractivity contribution in [3.8, 4) is 6.07 Å². The molecule has 0 bridgehead atoms. The quantitative estimate of drug-likeness (QED) is 0.611. The van der Waals surface area contributed by atoms with Gasteiger partial charge < -0.3 is 10.0 Å². The lowest BCUT2D eigenvalue weighted by Gasteiger charge is -2.23. The van der Waals surface area contributed by atoms with Crippen LogP contribution in [0.5, 0.6) is 0 Å². The fraction of sp³-hybridized carbons (Fsp3) is 0.417. The fourth-order valence-electron chi connectivity index (χ4n) is 1.71. The van der Waals surface area contributed by atoms with Crippen LogP contribution < -0.4 is 4.90 Å². The first-order valence-corrected chi connectivity index (χ1v) is 5.68. The summed E-state index contributed by atoms with van der Waals surface area (Å²) in [4.78, 5) is 12.0. The number of benzene rings is 1. The average molecular weight is 249 g/mol. The van der Waals surface area contributed by atoms with Gasteiger partial charge in [0.2, 0.25) is 0 Å². The van der Waals surface area contributed by atoms with E-state index in [4.69, 9.17) is 10.4 Å². The molecule has 18 heavy (non-hydrogen) atoms. The van der Waals surface area contributed by atoms with Crippen LogP contribution in [0.1, 0.15) is 18.9 Å². The first-order valence-electron chi connectivity index (χ1n) is 5.68. The Labute approximate surface area is 105 Å². The van der Waals surface area contributed by atoms with Crippen LogP contribution in [0, 0.1) is 21.4 Å². The summed E-state index contributed by atoms with van der Waals surface area (Å²) in [6, 6.07) is 6.22. The Morgan fingerprint density at radius 1 is 1.56 bits per heavy atom. The lowest BCUT2D eigenvalue weighted by Crippen LogP contribution is -2.25. The van der Waals surface area contributed by atoms with Crippen LogP contribution >= 0.6 is 0 Å². The smallest absolute Gasteiger partial charge is 0.270 e. The van der Waals surface area contributed by atoms with E-state index in [9.17, 15) is 10.1 Å². The van der Waals surface area contributed by atoms with Gasteiger partial charge >= 0.3 is 0 Å². The zero-order valence-corrected chi connectivity index (χ0v) is 10.2. The van der Waals surface area contributed by atoms with Crippen molar-refractivity contribution in [2.45, 2.75) is 13.3 Å². The summed E-state index contributed by atoms with van der Waals surface area (Å²) >= 11 is 0. The van der Waals surface area contributed by atoms with E-state index in [1.54, 1.807) is 6.07 Å². The normalized spacial score (nSPS) is 9.83. The Bertz CT molecular complexity index is 468. The molecule has 0 heterocycles. The number of nitro benzene ring substituents is 1. The van der Waals surface area contributed by atoms with Crippen molar-refractivity contribution in [3.63, 3.8) is 0 Å². The molecule has 0 spiro atoms. The number of aliphatic hydroxyl groups excluding tert-OH is 1. The molecule has 0 aliphatic heterocycles. The van der Waals surface area contributed by atoms with Gasteiger partial charge in [0.05, 0.1) is 16.2 Å². The fourth-order valence-corrected chi connectivity index (χ4v) is 1.71. The molecule has 6 nitrogen and oxygen atoms in total. The van der Waals surface area contributed by atoms with E-state index in [0.717, 1.165) is 0 Å². The number of hydrogen-bond donors (Lipinski definition) is 1. The van der Waals surface area contributed by atoms with Gasteiger partial charge in [0.15, 0.2) is 0 Å². The van der Waals surface area contributed by atoms with E-state index in [0.29, 0.717) is 25.2 Å². The molecule has 0 aromatic heterocycles. The minimum absolute atomic E-state index is 0.0748. The van der Waals surface area contributed by atoms with E-state index in [1.165, 1.54) is 12.1 Å². The van der Waals surface area contributed by atoms with Crippen molar-refractivity contribution in [1.29, 1.82) is 5.26 Å². The van der Waals surface area contributed by atoms with Crippen molar-refractivity contribution in [2.75, 3.05) is 24.6 Å². The molecule has 1 aromatic rings. The third-order valence-electron chi connectivity index (χ3n) is 2.62. The molecule has 0 saturated carbocycles. The lowest BCUT2D eigenvalue weighted by molar-refractivity contribution is -0.384. The van der Waals surface area contributed by atoms with Crippen molar-refractivity contribution < 1.29 is 10.0 Å². The maximum atomic E-state index is 10.6. The highest BCUT2D eigenvalue weighted by molar-refractivity contribution is 5.62. The highest BCUT2D eigenvalue weighted by Crippen LogP contribution is 2.24. The van der Waals surface area contributed by atoms with Gasteiger partial charge in [-0.05, 0) is 19.4 Å². The third kappa shape index (κ3) is 3.18. The summed E-state index contributed by atoms with van der Waals surface area (Å²) in [5.41, 5.74) is 0.858. The van der Waals surface area contributed by atoms with Gasteiger partial charge in [-0.2, -0.15) is 5.26 Å². The number of non-ortho nitro benzene ring substituents is 1. The SMILES string of the molecule is CCN(CCCO)c1ccc([N+](=O)[O-])cc1C#N. The molecule has 6 heteroatoms. The summed E-state index contributed by atoms with van der Waals surface area (Å²) in [6.07, 6.45) is 0.593. The second-order valence-corrected chi connectivity index (χ2v) is 3.73. The molecule has 0 amide bonds. The van der Waals surface area contributed by atoms with Crippen molar-refractivity contribution >= 4 is 11.4 Å². The minimum Gasteiger partial charge on any atom is -0.396 e. The van der Waals surface area contributed by atoms with E-state index in [1.807, 2.05) is 17.9 Å². The monoisotopic (exact) mass is 249 g/mol. The van der Waals surface area contributed by atoms with Crippen molar-refractivity contribution in [1.82, 2.24) is 0 Å². The Balaban J connectivity index is 3.07. The first kappa shape index (κ1) is 13.9. The van der Waals surface area contributed by atoms with Crippen LogP contribution in [-0.4, -0.2) is 29.7 Å². The Morgan fingerprint density at radius 2 is 2.28 bits per heavy atom. The number of nitro groups is 1. The molecule has 0 aliphatic rings. The molecule has 1 rings (SSSR count). The zero-order valence-electron chi connectivity index (χ0n) is 10.2. The summed E-state index contributed by atoms with van der Waals surface area (Å²) in [6.45, 7) is 3.29. The Hall–Kier alpha value is -2.13. The number of anilines is 1. The molecular weight excluding hydrogens is 234 g/mol. The van der Waals surface area contributed by atoms with Crippen LogP contribution in [0.15, 0.2) is 18.2 Å². The van der Waals surface area contributed by atoms with Gasteiger partial charge in [0.25, 0.3) is 5.69 Å². The molecule has 96 valence electrons. The van der Waals surface area contributed by atoms with E-state index < -0.39 is 4.92 Å². The van der Waals surface area contributed by atoms with Gasteiger partial charge in [-0.25, -0.2) is 0 Å². The second-order valence-electron chi connectivity index (χ2n) is 3.73. The van der Waals surface area contributed by atoms with Gasteiger partial charge in [-0.1, -0.05) is 0 Å². The number of aliphatic hydroxyl groups is 1. The molecule has 0 saturated heterocycles. The van der Waals surface area contributed by atoms with Crippen LogP contribution in [0.25, 0.3) is 0 Å². The molecule has 0 atom stereocenters. The average Bonchev–Trinajstić information content (AvgIpc) is 2.39. The van der Waals surface area contributed by atoms with E-state index in [-0.39, 0.29) is 17.9 Å². The number of nitrogens with zero attached hydrogens (tertiary/aromatic N) is 3. The van der Waals surface area contributed by atoms with Crippen molar-refractivity contribution in [2.24, 2.45) is 0 Å². The lowest BCUT2D eigenvalue weighted by atomic mass is 10.1. The molecule has 1 aromatic carbocycles. The van der Waals surface area contributed by atoms with Crippen LogP contribution in [-0.2, 0) is 0 Å². The number of hydrogen-bond acceptors (Lipinski definition) is 5. The molecular formula is C12H15N3O3. The van der Waals surface area contributed by atoms with Gasteiger partial charge in [-0.15, -0.1) is 0 Å². The molecule has 0 unspecified atom stereocenters. The first-order chi connectivity index (χ1) is 8.63. The highest BCUT2D eigenvalue weighted by Gasteiger charge is 2.14. The summed E-state index contributed by atoms with van der Waals surface area (Å²) in [5, 5.41) is 28.5. The van der Waals surface area contributed by atoms with Gasteiger partial charge in [0.1, 0.15) is 6.07 Å². The van der Waals surface area contributed by atoms with Crippen molar-refractivity contribution in [3.05, 3.63) is 33.9 Å². The Morgan fingerprint density at radius 3 is 2.78 bits per heavy atom. The second kappa shape index (κ2) is 6.57. The molecule has 0 fully saturated rings. The van der Waals surface area contributed by atoms with Gasteiger partial charge in [-0.3, -0.25) is 10.1 Å². The Kier molecular flexibility index (Phi) is 5.08.